The molecular formula is C18H26N2S. The Hall–Kier alpha value is -0.930. The van der Waals surface area contributed by atoms with E-state index in [1.54, 1.807) is 11.3 Å². The Balaban J connectivity index is 1.91. The minimum atomic E-state index is 0.472. The fourth-order valence-electron chi connectivity index (χ4n) is 3.95. The zero-order valence-corrected chi connectivity index (χ0v) is 14.0. The van der Waals surface area contributed by atoms with Crippen LogP contribution in [0.15, 0.2) is 23.7 Å². The Morgan fingerprint density at radius 2 is 2.19 bits per heavy atom. The van der Waals surface area contributed by atoms with Gasteiger partial charge in [-0.25, -0.2) is 0 Å². The third kappa shape index (κ3) is 3.14. The summed E-state index contributed by atoms with van der Waals surface area (Å²) in [5.41, 5.74) is 2.52. The number of aromatic nitrogens is 1. The van der Waals surface area contributed by atoms with E-state index in [0.717, 1.165) is 23.9 Å². The Morgan fingerprint density at radius 3 is 3.00 bits per heavy atom. The van der Waals surface area contributed by atoms with Crippen molar-refractivity contribution < 1.29 is 0 Å². The lowest BCUT2D eigenvalue weighted by atomic mass is 9.72. The SMILES string of the molecule is CCNC(c1cnc2ccsc2c1)C1CCCCC1CC. The average molecular weight is 302 g/mol. The normalized spacial score (nSPS) is 24.3. The first-order valence-corrected chi connectivity index (χ1v) is 9.28. The van der Waals surface area contributed by atoms with E-state index >= 15 is 0 Å². The number of hydrogen-bond donors (Lipinski definition) is 1. The van der Waals surface area contributed by atoms with E-state index in [0.29, 0.717) is 6.04 Å². The quantitative estimate of drug-likeness (QED) is 0.825. The monoisotopic (exact) mass is 302 g/mol. The summed E-state index contributed by atoms with van der Waals surface area (Å²) < 4.78 is 1.32. The lowest BCUT2D eigenvalue weighted by Crippen LogP contribution is -2.34. The van der Waals surface area contributed by atoms with Gasteiger partial charge in [0.2, 0.25) is 0 Å². The van der Waals surface area contributed by atoms with Crippen LogP contribution < -0.4 is 5.32 Å². The number of nitrogens with one attached hydrogen (secondary N) is 1. The van der Waals surface area contributed by atoms with Crippen LogP contribution in [0.5, 0.6) is 0 Å². The van der Waals surface area contributed by atoms with Crippen molar-refractivity contribution >= 4 is 21.6 Å². The van der Waals surface area contributed by atoms with Crippen LogP contribution in [0.4, 0.5) is 0 Å². The molecule has 0 radical (unpaired) electrons. The van der Waals surface area contributed by atoms with Crippen molar-refractivity contribution in [2.45, 2.75) is 52.0 Å². The molecule has 3 heteroatoms. The van der Waals surface area contributed by atoms with Crippen LogP contribution in [0.1, 0.15) is 57.6 Å². The molecular weight excluding hydrogens is 276 g/mol. The second kappa shape index (κ2) is 6.89. The first-order valence-electron chi connectivity index (χ1n) is 8.40. The molecule has 0 spiro atoms. The minimum absolute atomic E-state index is 0.472. The van der Waals surface area contributed by atoms with Crippen molar-refractivity contribution in [2.24, 2.45) is 11.8 Å². The van der Waals surface area contributed by atoms with Crippen LogP contribution >= 0.6 is 11.3 Å². The summed E-state index contributed by atoms with van der Waals surface area (Å²) >= 11 is 1.80. The van der Waals surface area contributed by atoms with E-state index in [1.165, 1.54) is 42.4 Å². The summed E-state index contributed by atoms with van der Waals surface area (Å²) in [6, 6.07) is 4.95. The number of rotatable bonds is 5. The fourth-order valence-corrected chi connectivity index (χ4v) is 4.74. The van der Waals surface area contributed by atoms with Crippen molar-refractivity contribution in [3.8, 4) is 0 Å². The van der Waals surface area contributed by atoms with Crippen LogP contribution in [0, 0.1) is 11.8 Å². The van der Waals surface area contributed by atoms with Gasteiger partial charge >= 0.3 is 0 Å². The maximum atomic E-state index is 4.66. The maximum Gasteiger partial charge on any atom is 0.0809 e. The van der Waals surface area contributed by atoms with E-state index in [2.05, 4.69) is 47.9 Å². The molecule has 3 unspecified atom stereocenters. The van der Waals surface area contributed by atoms with Crippen LogP contribution in [-0.4, -0.2) is 11.5 Å². The van der Waals surface area contributed by atoms with Gasteiger partial charge in [-0.2, -0.15) is 0 Å². The molecule has 0 bridgehead atoms. The molecule has 0 amide bonds. The van der Waals surface area contributed by atoms with E-state index in [1.807, 2.05) is 0 Å². The van der Waals surface area contributed by atoms with E-state index in [4.69, 9.17) is 0 Å². The van der Waals surface area contributed by atoms with Crippen LogP contribution in [0.25, 0.3) is 10.2 Å². The Kier molecular flexibility index (Phi) is 4.91. The van der Waals surface area contributed by atoms with Gasteiger partial charge in [0.1, 0.15) is 0 Å². The molecule has 0 aliphatic heterocycles. The van der Waals surface area contributed by atoms with Gasteiger partial charge in [-0.1, -0.05) is 39.5 Å². The molecule has 1 aliphatic carbocycles. The maximum absolute atomic E-state index is 4.66. The molecule has 3 atom stereocenters. The predicted molar refractivity (Wildman–Crippen MR) is 91.8 cm³/mol. The molecule has 2 nitrogen and oxygen atoms in total. The lowest BCUT2D eigenvalue weighted by molar-refractivity contribution is 0.176. The van der Waals surface area contributed by atoms with Crippen molar-refractivity contribution in [3.63, 3.8) is 0 Å². The van der Waals surface area contributed by atoms with E-state index in [-0.39, 0.29) is 0 Å². The molecule has 3 rings (SSSR count). The molecule has 1 saturated carbocycles. The molecule has 21 heavy (non-hydrogen) atoms. The smallest absolute Gasteiger partial charge is 0.0809 e. The van der Waals surface area contributed by atoms with Crippen molar-refractivity contribution in [1.82, 2.24) is 10.3 Å². The van der Waals surface area contributed by atoms with E-state index in [9.17, 15) is 0 Å². The number of nitrogens with zero attached hydrogens (tertiary/aromatic N) is 1. The summed E-state index contributed by atoms with van der Waals surface area (Å²) in [6.07, 6.45) is 8.97. The van der Waals surface area contributed by atoms with Gasteiger partial charge in [0.25, 0.3) is 0 Å². The summed E-state index contributed by atoms with van der Waals surface area (Å²) in [5, 5.41) is 5.89. The van der Waals surface area contributed by atoms with E-state index < -0.39 is 0 Å². The summed E-state index contributed by atoms with van der Waals surface area (Å²) in [5.74, 6) is 1.63. The Morgan fingerprint density at radius 1 is 1.33 bits per heavy atom. The number of thiophene rings is 1. The molecule has 2 aromatic heterocycles. The zero-order valence-electron chi connectivity index (χ0n) is 13.1. The lowest BCUT2D eigenvalue weighted by Gasteiger charge is -2.37. The summed E-state index contributed by atoms with van der Waals surface area (Å²) in [7, 11) is 0. The third-order valence-electron chi connectivity index (χ3n) is 5.03. The van der Waals surface area contributed by atoms with Crippen LogP contribution in [-0.2, 0) is 0 Å². The highest BCUT2D eigenvalue weighted by Gasteiger charge is 2.31. The van der Waals surface area contributed by atoms with Gasteiger partial charge in [-0.3, -0.25) is 4.98 Å². The van der Waals surface area contributed by atoms with Gasteiger partial charge in [-0.15, -0.1) is 11.3 Å². The third-order valence-corrected chi connectivity index (χ3v) is 5.88. The number of pyridine rings is 1. The van der Waals surface area contributed by atoms with Gasteiger partial charge in [0, 0.05) is 12.2 Å². The van der Waals surface area contributed by atoms with Crippen molar-refractivity contribution in [1.29, 1.82) is 0 Å². The highest BCUT2D eigenvalue weighted by atomic mass is 32.1. The number of fused-ring (bicyclic) bond motifs is 1. The molecule has 2 aromatic rings. The first-order chi connectivity index (χ1) is 10.3. The highest BCUT2D eigenvalue weighted by molar-refractivity contribution is 7.17. The molecule has 114 valence electrons. The second-order valence-corrected chi connectivity index (χ2v) is 7.17. The van der Waals surface area contributed by atoms with Gasteiger partial charge in [0.15, 0.2) is 0 Å². The zero-order chi connectivity index (χ0) is 14.7. The van der Waals surface area contributed by atoms with Crippen molar-refractivity contribution in [3.05, 3.63) is 29.3 Å². The largest absolute Gasteiger partial charge is 0.310 e. The summed E-state index contributed by atoms with van der Waals surface area (Å²) in [6.45, 7) is 5.60. The standard InChI is InChI=1S/C18H26N2S/c1-3-13-7-5-6-8-15(13)18(19-4-2)14-11-17-16(20-12-14)9-10-21-17/h9-13,15,18-19H,3-8H2,1-2H3. The molecule has 1 fully saturated rings. The molecule has 0 aromatic carbocycles. The molecule has 0 saturated heterocycles. The Labute approximate surface area is 132 Å². The summed E-state index contributed by atoms with van der Waals surface area (Å²) in [4.78, 5) is 4.66. The minimum Gasteiger partial charge on any atom is -0.310 e. The first kappa shape index (κ1) is 15.0. The van der Waals surface area contributed by atoms with Gasteiger partial charge < -0.3 is 5.32 Å². The predicted octanol–water partition coefficient (Wildman–Crippen LogP) is 5.16. The molecule has 1 aliphatic rings. The van der Waals surface area contributed by atoms with Crippen molar-refractivity contribution in [2.75, 3.05) is 6.54 Å². The second-order valence-electron chi connectivity index (χ2n) is 6.22. The Bertz CT molecular complexity index is 577. The number of hydrogen-bond acceptors (Lipinski definition) is 3. The highest BCUT2D eigenvalue weighted by Crippen LogP contribution is 2.40. The molecule has 1 N–H and O–H groups in total. The average Bonchev–Trinajstić information content (AvgIpc) is 3.00. The van der Waals surface area contributed by atoms with Gasteiger partial charge in [-0.05, 0) is 47.9 Å². The van der Waals surface area contributed by atoms with Crippen LogP contribution in [0.2, 0.25) is 0 Å². The van der Waals surface area contributed by atoms with Crippen LogP contribution in [0.3, 0.4) is 0 Å². The fraction of sp³-hybridized carbons (Fsp3) is 0.611. The van der Waals surface area contributed by atoms with Gasteiger partial charge in [0.05, 0.1) is 10.2 Å². The molecule has 2 heterocycles. The topological polar surface area (TPSA) is 24.9 Å².